The Balaban J connectivity index is 2.52. The molecule has 16 heavy (non-hydrogen) atoms. The molecule has 86 valence electrons. The van der Waals surface area contributed by atoms with E-state index in [0.29, 0.717) is 10.7 Å². The fourth-order valence-electron chi connectivity index (χ4n) is 1.12. The van der Waals surface area contributed by atoms with Gasteiger partial charge in [-0.15, -0.1) is 0 Å². The number of thiocarbonyl (C=S) groups is 1. The first kappa shape index (κ1) is 12.6. The molecule has 0 fully saturated rings. The van der Waals surface area contributed by atoms with Crippen molar-refractivity contribution in [2.45, 2.75) is 13.3 Å². The lowest BCUT2D eigenvalue weighted by atomic mass is 10.1. The molecule has 0 aromatic heterocycles. The molecule has 0 radical (unpaired) electrons. The molecular formula is C11H13FN2OS. The quantitative estimate of drug-likeness (QED) is 0.792. The summed E-state index contributed by atoms with van der Waals surface area (Å²) in [4.78, 5) is 11.8. The second kappa shape index (κ2) is 5.55. The third-order valence-corrected chi connectivity index (χ3v) is 2.51. The maximum absolute atomic E-state index is 12.6. The molecule has 3 N–H and O–H groups in total. The zero-order valence-electron chi connectivity index (χ0n) is 8.87. The standard InChI is InChI=1S/C11H13FN2OS/c1-7(11(13)16)6-10(15)14-9-4-2-8(12)3-5-9/h2-5,7H,6H2,1H3,(H2,13,16)(H,14,15). The number of carbonyl (C=O) groups excluding carboxylic acids is 1. The number of hydrogen-bond acceptors (Lipinski definition) is 2. The van der Waals surface area contributed by atoms with Crippen molar-refractivity contribution in [1.29, 1.82) is 0 Å². The molecule has 1 rings (SSSR count). The van der Waals surface area contributed by atoms with Gasteiger partial charge in [-0.05, 0) is 24.3 Å². The van der Waals surface area contributed by atoms with Crippen LogP contribution in [0.3, 0.4) is 0 Å². The lowest BCUT2D eigenvalue weighted by molar-refractivity contribution is -0.116. The third-order valence-electron chi connectivity index (χ3n) is 2.11. The summed E-state index contributed by atoms with van der Waals surface area (Å²) in [5.74, 6) is -0.670. The molecule has 5 heteroatoms. The number of benzene rings is 1. The van der Waals surface area contributed by atoms with Crippen LogP contribution < -0.4 is 11.1 Å². The van der Waals surface area contributed by atoms with Crippen LogP contribution >= 0.6 is 12.2 Å². The van der Waals surface area contributed by atoms with E-state index in [2.05, 4.69) is 5.32 Å². The summed E-state index contributed by atoms with van der Waals surface area (Å²) in [7, 11) is 0. The summed E-state index contributed by atoms with van der Waals surface area (Å²) in [5, 5.41) is 2.63. The average Bonchev–Trinajstić information content (AvgIpc) is 2.21. The summed E-state index contributed by atoms with van der Waals surface area (Å²) < 4.78 is 12.6. The van der Waals surface area contributed by atoms with Crippen molar-refractivity contribution in [3.8, 4) is 0 Å². The first-order valence-electron chi connectivity index (χ1n) is 4.84. The number of amides is 1. The number of hydrogen-bond donors (Lipinski definition) is 2. The van der Waals surface area contributed by atoms with Crippen LogP contribution in [0.25, 0.3) is 0 Å². The van der Waals surface area contributed by atoms with Crippen molar-refractivity contribution in [3.63, 3.8) is 0 Å². The maximum Gasteiger partial charge on any atom is 0.225 e. The van der Waals surface area contributed by atoms with Gasteiger partial charge in [-0.3, -0.25) is 4.79 Å². The number of anilines is 1. The van der Waals surface area contributed by atoms with Gasteiger partial charge < -0.3 is 11.1 Å². The number of rotatable bonds is 4. The second-order valence-electron chi connectivity index (χ2n) is 3.56. The highest BCUT2D eigenvalue weighted by Gasteiger charge is 2.11. The number of nitrogens with two attached hydrogens (primary N) is 1. The van der Waals surface area contributed by atoms with E-state index in [0.717, 1.165) is 0 Å². The summed E-state index contributed by atoms with van der Waals surface area (Å²) in [6.45, 7) is 1.78. The second-order valence-corrected chi connectivity index (χ2v) is 4.03. The summed E-state index contributed by atoms with van der Waals surface area (Å²) in [5.41, 5.74) is 5.96. The molecule has 0 aliphatic carbocycles. The van der Waals surface area contributed by atoms with Crippen LogP contribution in [0.15, 0.2) is 24.3 Å². The first-order valence-corrected chi connectivity index (χ1v) is 5.24. The molecule has 1 aromatic carbocycles. The fourth-order valence-corrected chi connectivity index (χ4v) is 1.21. The Labute approximate surface area is 98.8 Å². The first-order chi connectivity index (χ1) is 7.49. The van der Waals surface area contributed by atoms with E-state index in [1.807, 2.05) is 0 Å². The molecule has 0 spiro atoms. The summed E-state index contributed by atoms with van der Waals surface area (Å²) in [6, 6.07) is 5.57. The van der Waals surface area contributed by atoms with Crippen LogP contribution in [-0.4, -0.2) is 10.9 Å². The maximum atomic E-state index is 12.6. The van der Waals surface area contributed by atoms with E-state index < -0.39 is 0 Å². The van der Waals surface area contributed by atoms with Gasteiger partial charge in [0.25, 0.3) is 0 Å². The Bertz CT molecular complexity index is 391. The van der Waals surface area contributed by atoms with Gasteiger partial charge in [0.1, 0.15) is 5.82 Å². The Morgan fingerprint density at radius 1 is 1.50 bits per heavy atom. The molecule has 0 bridgehead atoms. The predicted octanol–water partition coefficient (Wildman–Crippen LogP) is 2.08. The normalized spacial score (nSPS) is 11.9. The van der Waals surface area contributed by atoms with E-state index in [9.17, 15) is 9.18 Å². The van der Waals surface area contributed by atoms with Crippen LogP contribution in [0.4, 0.5) is 10.1 Å². The molecule has 3 nitrogen and oxygen atoms in total. The van der Waals surface area contributed by atoms with Crippen molar-refractivity contribution >= 4 is 28.8 Å². The monoisotopic (exact) mass is 240 g/mol. The van der Waals surface area contributed by atoms with Gasteiger partial charge in [0.15, 0.2) is 0 Å². The largest absolute Gasteiger partial charge is 0.393 e. The van der Waals surface area contributed by atoms with Crippen LogP contribution in [0, 0.1) is 11.7 Å². The van der Waals surface area contributed by atoms with Gasteiger partial charge in [0.05, 0.1) is 4.99 Å². The van der Waals surface area contributed by atoms with Crippen molar-refractivity contribution in [2.24, 2.45) is 11.7 Å². The number of carbonyl (C=O) groups is 1. The molecule has 1 amide bonds. The Hall–Kier alpha value is -1.49. The van der Waals surface area contributed by atoms with Gasteiger partial charge >= 0.3 is 0 Å². The highest BCUT2D eigenvalue weighted by molar-refractivity contribution is 7.80. The van der Waals surface area contributed by atoms with Crippen LogP contribution in [0.5, 0.6) is 0 Å². The molecule has 0 aliphatic rings. The van der Waals surface area contributed by atoms with Crippen LogP contribution in [0.1, 0.15) is 13.3 Å². The Morgan fingerprint density at radius 2 is 2.06 bits per heavy atom. The molecule has 1 aromatic rings. The minimum absolute atomic E-state index is 0.143. The van der Waals surface area contributed by atoms with Crippen LogP contribution in [-0.2, 0) is 4.79 Å². The lowest BCUT2D eigenvalue weighted by Gasteiger charge is -2.09. The van der Waals surface area contributed by atoms with E-state index in [-0.39, 0.29) is 24.1 Å². The molecule has 0 heterocycles. The van der Waals surface area contributed by atoms with Crippen molar-refractivity contribution < 1.29 is 9.18 Å². The van der Waals surface area contributed by atoms with E-state index >= 15 is 0 Å². The Kier molecular flexibility index (Phi) is 4.37. The van der Waals surface area contributed by atoms with Gasteiger partial charge in [0, 0.05) is 18.0 Å². The van der Waals surface area contributed by atoms with Crippen molar-refractivity contribution in [3.05, 3.63) is 30.1 Å². The summed E-state index contributed by atoms with van der Waals surface area (Å²) in [6.07, 6.45) is 0.229. The zero-order chi connectivity index (χ0) is 12.1. The molecule has 0 aliphatic heterocycles. The highest BCUT2D eigenvalue weighted by atomic mass is 32.1. The SMILES string of the molecule is CC(CC(=O)Nc1ccc(F)cc1)C(N)=S. The van der Waals surface area contributed by atoms with Gasteiger partial charge in [-0.25, -0.2) is 4.39 Å². The average molecular weight is 240 g/mol. The van der Waals surface area contributed by atoms with Crippen molar-refractivity contribution in [2.75, 3.05) is 5.32 Å². The van der Waals surface area contributed by atoms with Gasteiger partial charge in [-0.2, -0.15) is 0 Å². The number of nitrogens with one attached hydrogen (secondary N) is 1. The minimum Gasteiger partial charge on any atom is -0.393 e. The molecular weight excluding hydrogens is 227 g/mol. The van der Waals surface area contributed by atoms with Crippen LogP contribution in [0.2, 0.25) is 0 Å². The van der Waals surface area contributed by atoms with Crippen molar-refractivity contribution in [1.82, 2.24) is 0 Å². The van der Waals surface area contributed by atoms with E-state index in [1.165, 1.54) is 24.3 Å². The highest BCUT2D eigenvalue weighted by Crippen LogP contribution is 2.10. The van der Waals surface area contributed by atoms with E-state index in [4.69, 9.17) is 18.0 Å². The molecule has 0 saturated heterocycles. The van der Waals surface area contributed by atoms with Gasteiger partial charge in [0.2, 0.25) is 5.91 Å². The third kappa shape index (κ3) is 3.94. The molecule has 0 saturated carbocycles. The fraction of sp³-hybridized carbons (Fsp3) is 0.273. The molecule has 1 atom stereocenters. The van der Waals surface area contributed by atoms with E-state index in [1.54, 1.807) is 6.92 Å². The smallest absolute Gasteiger partial charge is 0.225 e. The number of halogens is 1. The predicted molar refractivity (Wildman–Crippen MR) is 65.6 cm³/mol. The Morgan fingerprint density at radius 3 is 2.56 bits per heavy atom. The summed E-state index contributed by atoms with van der Waals surface area (Å²) >= 11 is 4.77. The molecule has 1 unspecified atom stereocenters. The topological polar surface area (TPSA) is 55.1 Å². The lowest BCUT2D eigenvalue weighted by Crippen LogP contribution is -2.24. The zero-order valence-corrected chi connectivity index (χ0v) is 9.68. The van der Waals surface area contributed by atoms with Gasteiger partial charge in [-0.1, -0.05) is 19.1 Å². The minimum atomic E-state index is -0.338.